The first-order chi connectivity index (χ1) is 14.4. The zero-order valence-corrected chi connectivity index (χ0v) is 18.0. The highest BCUT2D eigenvalue weighted by molar-refractivity contribution is 6.43. The van der Waals surface area contributed by atoms with Crippen LogP contribution in [0.4, 0.5) is 11.6 Å². The van der Waals surface area contributed by atoms with Gasteiger partial charge in [0.15, 0.2) is 17.3 Å². The van der Waals surface area contributed by atoms with Crippen LogP contribution in [0, 0.1) is 5.41 Å². The summed E-state index contributed by atoms with van der Waals surface area (Å²) in [5.74, 6) is 5.45. The molecule has 0 bridgehead atoms. The van der Waals surface area contributed by atoms with Crippen LogP contribution >= 0.6 is 23.2 Å². The molecular formula is C20H25Cl2N7O. The van der Waals surface area contributed by atoms with Crippen LogP contribution in [-0.4, -0.2) is 35.0 Å². The van der Waals surface area contributed by atoms with Crippen molar-refractivity contribution in [2.45, 2.75) is 38.1 Å². The van der Waals surface area contributed by atoms with Crippen LogP contribution in [0.5, 0.6) is 0 Å². The van der Waals surface area contributed by atoms with Gasteiger partial charge >= 0.3 is 0 Å². The van der Waals surface area contributed by atoms with Crippen molar-refractivity contribution in [3.8, 4) is 11.3 Å². The first kappa shape index (κ1) is 21.1. The normalized spacial score (nSPS) is 20.5. The highest BCUT2D eigenvalue weighted by atomic mass is 35.5. The first-order valence-corrected chi connectivity index (χ1v) is 10.8. The summed E-state index contributed by atoms with van der Waals surface area (Å²) in [5, 5.41) is 0.653. The molecule has 0 unspecified atom stereocenters. The number of carbonyl (C=O) groups is 1. The number of aromatic nitrogens is 2. The summed E-state index contributed by atoms with van der Waals surface area (Å²) in [7, 11) is 0. The molecule has 0 radical (unpaired) electrons. The smallest absolute Gasteiger partial charge is 0.287 e. The zero-order chi connectivity index (χ0) is 21.5. The molecule has 1 aliphatic heterocycles. The van der Waals surface area contributed by atoms with Gasteiger partial charge in [0, 0.05) is 24.7 Å². The topological polar surface area (TPSA) is 136 Å². The number of benzene rings is 1. The Hall–Kier alpha value is -2.13. The van der Waals surface area contributed by atoms with Crippen LogP contribution < -0.4 is 27.6 Å². The second kappa shape index (κ2) is 8.19. The van der Waals surface area contributed by atoms with Gasteiger partial charge in [0.2, 0.25) is 0 Å². The van der Waals surface area contributed by atoms with Crippen molar-refractivity contribution < 1.29 is 4.79 Å². The fourth-order valence-corrected chi connectivity index (χ4v) is 5.11. The van der Waals surface area contributed by atoms with Crippen molar-refractivity contribution in [2.75, 3.05) is 23.7 Å². The number of hydrogen-bond acceptors (Lipinski definition) is 7. The average molecular weight is 450 g/mol. The molecule has 1 atom stereocenters. The number of hydrogen-bond donors (Lipinski definition) is 4. The lowest BCUT2D eigenvalue weighted by molar-refractivity contribution is 0.0948. The number of anilines is 2. The Balaban J connectivity index is 1.71. The van der Waals surface area contributed by atoms with Gasteiger partial charge in [-0.15, -0.1) is 0 Å². The predicted octanol–water partition coefficient (Wildman–Crippen LogP) is 2.73. The monoisotopic (exact) mass is 449 g/mol. The van der Waals surface area contributed by atoms with E-state index in [1.165, 1.54) is 6.42 Å². The Labute approximate surface area is 185 Å². The number of rotatable bonds is 3. The maximum atomic E-state index is 12.5. The Kier molecular flexibility index (Phi) is 5.76. The van der Waals surface area contributed by atoms with E-state index in [4.69, 9.17) is 40.5 Å². The molecule has 1 aromatic carbocycles. The van der Waals surface area contributed by atoms with Crippen LogP contribution in [0.1, 0.15) is 42.6 Å². The third-order valence-corrected chi connectivity index (χ3v) is 7.31. The minimum absolute atomic E-state index is 0.101. The van der Waals surface area contributed by atoms with Crippen LogP contribution in [0.3, 0.4) is 0 Å². The van der Waals surface area contributed by atoms with Gasteiger partial charge in [-0.2, -0.15) is 0 Å². The molecule has 2 aromatic rings. The number of halogens is 2. The molecule has 1 spiro atoms. The van der Waals surface area contributed by atoms with E-state index < -0.39 is 5.91 Å². The van der Waals surface area contributed by atoms with Gasteiger partial charge in [0.25, 0.3) is 5.91 Å². The van der Waals surface area contributed by atoms with Crippen LogP contribution in [0.15, 0.2) is 18.2 Å². The first-order valence-electron chi connectivity index (χ1n) is 9.99. The molecule has 1 aromatic heterocycles. The summed E-state index contributed by atoms with van der Waals surface area (Å²) in [6.45, 7) is 1.45. The number of piperidine rings is 1. The van der Waals surface area contributed by atoms with E-state index in [2.05, 4.69) is 15.4 Å². The van der Waals surface area contributed by atoms with Crippen LogP contribution in [-0.2, 0) is 0 Å². The highest BCUT2D eigenvalue weighted by Gasteiger charge is 2.43. The Bertz CT molecular complexity index is 976. The summed E-state index contributed by atoms with van der Waals surface area (Å²) in [6.07, 6.45) is 5.29. The molecule has 4 rings (SSSR count). The summed E-state index contributed by atoms with van der Waals surface area (Å²) < 4.78 is 0. The second-order valence-electron chi connectivity index (χ2n) is 8.05. The van der Waals surface area contributed by atoms with E-state index in [1.54, 1.807) is 18.2 Å². The van der Waals surface area contributed by atoms with Crippen molar-refractivity contribution in [1.82, 2.24) is 15.4 Å². The van der Waals surface area contributed by atoms with E-state index in [0.29, 0.717) is 21.4 Å². The van der Waals surface area contributed by atoms with E-state index in [-0.39, 0.29) is 28.7 Å². The summed E-state index contributed by atoms with van der Waals surface area (Å²) >= 11 is 12.5. The number of nitrogens with one attached hydrogen (secondary N) is 1. The fourth-order valence-electron chi connectivity index (χ4n) is 4.72. The van der Waals surface area contributed by atoms with E-state index in [0.717, 1.165) is 38.8 Å². The minimum atomic E-state index is -0.547. The Morgan fingerprint density at radius 3 is 2.57 bits per heavy atom. The molecular weight excluding hydrogens is 425 g/mol. The molecule has 160 valence electrons. The Morgan fingerprint density at radius 2 is 1.93 bits per heavy atom. The van der Waals surface area contributed by atoms with Crippen LogP contribution in [0.25, 0.3) is 11.3 Å². The molecule has 10 heteroatoms. The lowest BCUT2D eigenvalue weighted by Crippen LogP contribution is -2.47. The maximum absolute atomic E-state index is 12.5. The number of nitrogen functional groups attached to an aromatic ring is 2. The van der Waals surface area contributed by atoms with Gasteiger partial charge in [-0.3, -0.25) is 10.2 Å². The molecule has 1 aliphatic carbocycles. The standard InChI is InChI=1S/C20H25Cl2N7O/c21-12-4-1-3-11(14(12)22)15-17(24)27-18(16(26-15)19(30)28-25)29-9-7-20(8-10-29)6-2-5-13(20)23/h1,3-4,13H,2,5-10,23,25H2,(H2,24,27)(H,28,30)/t13-/m1/s1. The summed E-state index contributed by atoms with van der Waals surface area (Å²) in [5.41, 5.74) is 15.9. The molecule has 1 amide bonds. The van der Waals surface area contributed by atoms with Gasteiger partial charge < -0.3 is 16.4 Å². The number of carbonyl (C=O) groups excluding carboxylic acids is 1. The molecule has 7 N–H and O–H groups in total. The van der Waals surface area contributed by atoms with E-state index in [9.17, 15) is 4.79 Å². The van der Waals surface area contributed by atoms with E-state index in [1.807, 2.05) is 4.90 Å². The maximum Gasteiger partial charge on any atom is 0.287 e. The van der Waals surface area contributed by atoms with Crippen LogP contribution in [0.2, 0.25) is 10.0 Å². The molecule has 2 aliphatic rings. The number of hydrazine groups is 1. The molecule has 2 fully saturated rings. The van der Waals surface area contributed by atoms with Crippen molar-refractivity contribution in [3.63, 3.8) is 0 Å². The third-order valence-electron chi connectivity index (χ3n) is 6.49. The van der Waals surface area contributed by atoms with Gasteiger partial charge in [-0.25, -0.2) is 15.8 Å². The summed E-state index contributed by atoms with van der Waals surface area (Å²) in [4.78, 5) is 23.6. The van der Waals surface area contributed by atoms with Crippen molar-refractivity contribution in [2.24, 2.45) is 17.0 Å². The number of nitrogens with two attached hydrogens (primary N) is 3. The van der Waals surface area contributed by atoms with Gasteiger partial charge in [0.05, 0.1) is 10.0 Å². The highest BCUT2D eigenvalue weighted by Crippen LogP contribution is 2.46. The SMILES string of the molecule is NNC(=O)c1nc(-c2cccc(Cl)c2Cl)c(N)nc1N1CCC2(CCC[C@H]2N)CC1. The fraction of sp³-hybridized carbons (Fsp3) is 0.450. The number of nitrogens with zero attached hydrogens (tertiary/aromatic N) is 3. The minimum Gasteiger partial charge on any atom is -0.382 e. The van der Waals surface area contributed by atoms with Crippen molar-refractivity contribution in [3.05, 3.63) is 33.9 Å². The Morgan fingerprint density at radius 1 is 1.20 bits per heavy atom. The summed E-state index contributed by atoms with van der Waals surface area (Å²) in [6, 6.07) is 5.35. The quantitative estimate of drug-likeness (QED) is 0.321. The van der Waals surface area contributed by atoms with E-state index >= 15 is 0 Å². The molecule has 1 saturated heterocycles. The molecule has 8 nitrogen and oxygen atoms in total. The average Bonchev–Trinajstić information content (AvgIpc) is 3.10. The lowest BCUT2D eigenvalue weighted by atomic mass is 9.74. The molecule has 1 saturated carbocycles. The largest absolute Gasteiger partial charge is 0.382 e. The second-order valence-corrected chi connectivity index (χ2v) is 8.84. The van der Waals surface area contributed by atoms with Crippen molar-refractivity contribution in [1.29, 1.82) is 0 Å². The molecule has 30 heavy (non-hydrogen) atoms. The predicted molar refractivity (Wildman–Crippen MR) is 119 cm³/mol. The van der Waals surface area contributed by atoms with Crippen molar-refractivity contribution >= 4 is 40.7 Å². The van der Waals surface area contributed by atoms with Gasteiger partial charge in [-0.1, -0.05) is 41.8 Å². The molecule has 2 heterocycles. The third kappa shape index (κ3) is 3.58. The lowest BCUT2D eigenvalue weighted by Gasteiger charge is -2.42. The zero-order valence-electron chi connectivity index (χ0n) is 16.5. The van der Waals surface area contributed by atoms with Gasteiger partial charge in [0.1, 0.15) is 5.69 Å². The van der Waals surface area contributed by atoms with Gasteiger partial charge in [-0.05, 0) is 37.2 Å². The number of amides is 1.